The SMILES string of the molecule is CCC(CCCOC)(CNC(C)C)c1ccccc1. The highest BCUT2D eigenvalue weighted by atomic mass is 16.5. The molecule has 0 aliphatic carbocycles. The largest absolute Gasteiger partial charge is 0.385 e. The van der Waals surface area contributed by atoms with Gasteiger partial charge < -0.3 is 10.1 Å². The first kappa shape index (κ1) is 16.2. The summed E-state index contributed by atoms with van der Waals surface area (Å²) in [6, 6.07) is 11.4. The van der Waals surface area contributed by atoms with Gasteiger partial charge >= 0.3 is 0 Å². The Labute approximate surface area is 118 Å². The summed E-state index contributed by atoms with van der Waals surface area (Å²) >= 11 is 0. The molecule has 0 bridgehead atoms. The van der Waals surface area contributed by atoms with Crippen molar-refractivity contribution in [3.63, 3.8) is 0 Å². The van der Waals surface area contributed by atoms with Crippen LogP contribution in [0.5, 0.6) is 0 Å². The van der Waals surface area contributed by atoms with E-state index in [-0.39, 0.29) is 5.41 Å². The van der Waals surface area contributed by atoms with E-state index in [2.05, 4.69) is 56.4 Å². The van der Waals surface area contributed by atoms with Crippen LogP contribution in [0, 0.1) is 0 Å². The molecule has 1 unspecified atom stereocenters. The Balaban J connectivity index is 2.85. The third-order valence-electron chi connectivity index (χ3n) is 3.92. The van der Waals surface area contributed by atoms with E-state index in [9.17, 15) is 0 Å². The molecule has 0 aromatic heterocycles. The number of nitrogens with one attached hydrogen (secondary N) is 1. The molecule has 0 spiro atoms. The highest BCUT2D eigenvalue weighted by Gasteiger charge is 2.29. The lowest BCUT2D eigenvalue weighted by molar-refractivity contribution is 0.180. The average Bonchev–Trinajstić information content (AvgIpc) is 2.44. The third-order valence-corrected chi connectivity index (χ3v) is 3.92. The van der Waals surface area contributed by atoms with Crippen LogP contribution in [0.4, 0.5) is 0 Å². The van der Waals surface area contributed by atoms with E-state index in [4.69, 9.17) is 4.74 Å². The van der Waals surface area contributed by atoms with E-state index in [1.54, 1.807) is 7.11 Å². The second kappa shape index (κ2) is 8.34. The Hall–Kier alpha value is -0.860. The van der Waals surface area contributed by atoms with Gasteiger partial charge in [-0.25, -0.2) is 0 Å². The molecule has 1 aromatic carbocycles. The van der Waals surface area contributed by atoms with Crippen LogP contribution in [0.2, 0.25) is 0 Å². The Bertz CT molecular complexity index is 336. The van der Waals surface area contributed by atoms with E-state index in [1.165, 1.54) is 12.0 Å². The molecule has 0 radical (unpaired) electrons. The molecule has 1 N–H and O–H groups in total. The lowest BCUT2D eigenvalue weighted by atomic mass is 9.74. The van der Waals surface area contributed by atoms with Crippen molar-refractivity contribution in [2.45, 2.75) is 51.5 Å². The zero-order valence-electron chi connectivity index (χ0n) is 12.9. The van der Waals surface area contributed by atoms with Crippen molar-refractivity contribution < 1.29 is 4.74 Å². The topological polar surface area (TPSA) is 21.3 Å². The number of benzene rings is 1. The van der Waals surface area contributed by atoms with Gasteiger partial charge in [-0.1, -0.05) is 51.1 Å². The van der Waals surface area contributed by atoms with Gasteiger partial charge in [0.1, 0.15) is 0 Å². The summed E-state index contributed by atoms with van der Waals surface area (Å²) in [6.45, 7) is 8.59. The van der Waals surface area contributed by atoms with Crippen molar-refractivity contribution in [1.82, 2.24) is 5.32 Å². The maximum absolute atomic E-state index is 5.22. The summed E-state index contributed by atoms with van der Waals surface area (Å²) in [7, 11) is 1.78. The predicted octanol–water partition coefficient (Wildman–Crippen LogP) is 3.76. The molecular weight excluding hydrogens is 234 g/mol. The Morgan fingerprint density at radius 3 is 2.42 bits per heavy atom. The molecule has 0 amide bonds. The molecule has 108 valence electrons. The highest BCUT2D eigenvalue weighted by molar-refractivity contribution is 5.26. The van der Waals surface area contributed by atoms with E-state index in [1.807, 2.05) is 0 Å². The standard InChI is InChI=1S/C17H29NO/c1-5-17(12-9-13-19-4,14-18-15(2)3)16-10-7-6-8-11-16/h6-8,10-11,15,18H,5,9,12-14H2,1-4H3. The van der Waals surface area contributed by atoms with Crippen molar-refractivity contribution in [3.05, 3.63) is 35.9 Å². The fourth-order valence-corrected chi connectivity index (χ4v) is 2.59. The number of ether oxygens (including phenoxy) is 1. The molecule has 0 saturated heterocycles. The smallest absolute Gasteiger partial charge is 0.0462 e. The van der Waals surface area contributed by atoms with Crippen molar-refractivity contribution in [2.75, 3.05) is 20.3 Å². The van der Waals surface area contributed by atoms with Crippen LogP contribution < -0.4 is 5.32 Å². The summed E-state index contributed by atoms with van der Waals surface area (Å²) < 4.78 is 5.22. The molecule has 1 atom stereocenters. The quantitative estimate of drug-likeness (QED) is 0.685. The second-order valence-corrected chi connectivity index (χ2v) is 5.63. The normalized spacial score (nSPS) is 14.6. The summed E-state index contributed by atoms with van der Waals surface area (Å²) in [5.41, 5.74) is 1.67. The van der Waals surface area contributed by atoms with Gasteiger partial charge in [0.2, 0.25) is 0 Å². The number of hydrogen-bond donors (Lipinski definition) is 1. The molecule has 19 heavy (non-hydrogen) atoms. The van der Waals surface area contributed by atoms with Crippen LogP contribution in [0.1, 0.15) is 45.6 Å². The molecule has 1 rings (SSSR count). The van der Waals surface area contributed by atoms with Gasteiger partial charge in [0.15, 0.2) is 0 Å². The molecule has 0 aliphatic heterocycles. The minimum atomic E-state index is 0.226. The molecule has 0 fully saturated rings. The Kier molecular flexibility index (Phi) is 7.11. The zero-order valence-corrected chi connectivity index (χ0v) is 12.9. The highest BCUT2D eigenvalue weighted by Crippen LogP contribution is 2.32. The molecule has 0 saturated carbocycles. The Morgan fingerprint density at radius 1 is 1.21 bits per heavy atom. The van der Waals surface area contributed by atoms with Crippen LogP contribution in [0.3, 0.4) is 0 Å². The van der Waals surface area contributed by atoms with Crippen molar-refractivity contribution in [1.29, 1.82) is 0 Å². The van der Waals surface area contributed by atoms with E-state index in [0.717, 1.165) is 26.0 Å². The van der Waals surface area contributed by atoms with Gasteiger partial charge in [0.05, 0.1) is 0 Å². The monoisotopic (exact) mass is 263 g/mol. The molecule has 0 aliphatic rings. The lowest BCUT2D eigenvalue weighted by Gasteiger charge is -2.35. The summed E-state index contributed by atoms with van der Waals surface area (Å²) in [5, 5.41) is 3.62. The fraction of sp³-hybridized carbons (Fsp3) is 0.647. The Morgan fingerprint density at radius 2 is 1.89 bits per heavy atom. The van der Waals surface area contributed by atoms with E-state index in [0.29, 0.717) is 6.04 Å². The van der Waals surface area contributed by atoms with Crippen LogP contribution in [0.25, 0.3) is 0 Å². The summed E-state index contributed by atoms with van der Waals surface area (Å²) in [6.07, 6.45) is 3.43. The van der Waals surface area contributed by atoms with Gasteiger partial charge in [-0.2, -0.15) is 0 Å². The van der Waals surface area contributed by atoms with Crippen molar-refractivity contribution in [2.24, 2.45) is 0 Å². The summed E-state index contributed by atoms with van der Waals surface area (Å²) in [5.74, 6) is 0. The van der Waals surface area contributed by atoms with E-state index >= 15 is 0 Å². The van der Waals surface area contributed by atoms with Gasteiger partial charge in [0, 0.05) is 31.7 Å². The van der Waals surface area contributed by atoms with Gasteiger partial charge in [-0.05, 0) is 24.8 Å². The predicted molar refractivity (Wildman–Crippen MR) is 82.7 cm³/mol. The van der Waals surface area contributed by atoms with Crippen LogP contribution in [-0.4, -0.2) is 26.3 Å². The van der Waals surface area contributed by atoms with Gasteiger partial charge in [-0.15, -0.1) is 0 Å². The lowest BCUT2D eigenvalue weighted by Crippen LogP contribution is -2.40. The minimum absolute atomic E-state index is 0.226. The second-order valence-electron chi connectivity index (χ2n) is 5.63. The molecular formula is C17H29NO. The van der Waals surface area contributed by atoms with Crippen LogP contribution in [-0.2, 0) is 10.2 Å². The maximum Gasteiger partial charge on any atom is 0.0462 e. The molecule has 1 aromatic rings. The van der Waals surface area contributed by atoms with Gasteiger partial charge in [-0.3, -0.25) is 0 Å². The number of rotatable bonds is 9. The summed E-state index contributed by atoms with van der Waals surface area (Å²) in [4.78, 5) is 0. The van der Waals surface area contributed by atoms with Gasteiger partial charge in [0.25, 0.3) is 0 Å². The first-order chi connectivity index (χ1) is 9.14. The third kappa shape index (κ3) is 4.96. The zero-order chi connectivity index (χ0) is 14.1. The number of hydrogen-bond acceptors (Lipinski definition) is 2. The first-order valence-electron chi connectivity index (χ1n) is 7.42. The molecule has 2 heteroatoms. The average molecular weight is 263 g/mol. The van der Waals surface area contributed by atoms with E-state index < -0.39 is 0 Å². The number of methoxy groups -OCH3 is 1. The van der Waals surface area contributed by atoms with Crippen molar-refractivity contribution >= 4 is 0 Å². The molecule has 0 heterocycles. The van der Waals surface area contributed by atoms with Crippen molar-refractivity contribution in [3.8, 4) is 0 Å². The molecule has 2 nitrogen and oxygen atoms in total. The fourth-order valence-electron chi connectivity index (χ4n) is 2.59. The first-order valence-corrected chi connectivity index (χ1v) is 7.42. The van der Waals surface area contributed by atoms with Crippen LogP contribution >= 0.6 is 0 Å². The minimum Gasteiger partial charge on any atom is -0.385 e. The maximum atomic E-state index is 5.22. The van der Waals surface area contributed by atoms with Crippen LogP contribution in [0.15, 0.2) is 30.3 Å².